The van der Waals surface area contributed by atoms with Gasteiger partial charge in [0.2, 0.25) is 5.91 Å². The third-order valence-corrected chi connectivity index (χ3v) is 2.74. The highest BCUT2D eigenvalue weighted by atomic mass is 16.5. The van der Waals surface area contributed by atoms with E-state index in [0.717, 1.165) is 19.4 Å². The molecule has 2 unspecified atom stereocenters. The highest BCUT2D eigenvalue weighted by Gasteiger charge is 2.18. The number of carbonyl (C=O) groups excluding carboxylic acids is 1. The van der Waals surface area contributed by atoms with E-state index in [2.05, 4.69) is 5.32 Å². The lowest BCUT2D eigenvalue weighted by Crippen LogP contribution is -2.47. The number of hydrogen-bond donors (Lipinski definition) is 2. The zero-order chi connectivity index (χ0) is 12.7. The number of amides is 1. The van der Waals surface area contributed by atoms with E-state index in [4.69, 9.17) is 15.2 Å². The standard InChI is InChI=1S/C12H24N2O3/c1-9(2)14-11(12(13)15)8-16-7-10-5-3-4-6-17-10/h9-11,14H,3-8H2,1-2H3,(H2,13,15). The van der Waals surface area contributed by atoms with E-state index in [1.807, 2.05) is 13.8 Å². The molecule has 17 heavy (non-hydrogen) atoms. The van der Waals surface area contributed by atoms with Crippen molar-refractivity contribution in [3.05, 3.63) is 0 Å². The van der Waals surface area contributed by atoms with Crippen molar-refractivity contribution < 1.29 is 14.3 Å². The van der Waals surface area contributed by atoms with Gasteiger partial charge < -0.3 is 20.5 Å². The highest BCUT2D eigenvalue weighted by molar-refractivity contribution is 5.80. The molecular weight excluding hydrogens is 220 g/mol. The van der Waals surface area contributed by atoms with Crippen molar-refractivity contribution in [1.29, 1.82) is 0 Å². The minimum absolute atomic E-state index is 0.177. The second-order valence-corrected chi connectivity index (χ2v) is 4.80. The third kappa shape index (κ3) is 6.00. The summed E-state index contributed by atoms with van der Waals surface area (Å²) in [4.78, 5) is 11.2. The molecule has 0 bridgehead atoms. The summed E-state index contributed by atoms with van der Waals surface area (Å²) in [6.45, 7) is 5.62. The average molecular weight is 244 g/mol. The summed E-state index contributed by atoms with van der Waals surface area (Å²) in [7, 11) is 0. The smallest absolute Gasteiger partial charge is 0.236 e. The fraction of sp³-hybridized carbons (Fsp3) is 0.917. The van der Waals surface area contributed by atoms with Crippen LogP contribution in [0.2, 0.25) is 0 Å². The molecule has 0 aromatic heterocycles. The second-order valence-electron chi connectivity index (χ2n) is 4.80. The normalized spacial score (nSPS) is 22.6. The molecule has 1 aliphatic rings. The summed E-state index contributed by atoms with van der Waals surface area (Å²) in [6.07, 6.45) is 3.54. The first-order valence-corrected chi connectivity index (χ1v) is 6.34. The van der Waals surface area contributed by atoms with E-state index in [1.165, 1.54) is 6.42 Å². The third-order valence-electron chi connectivity index (χ3n) is 2.74. The van der Waals surface area contributed by atoms with Crippen LogP contribution in [-0.4, -0.2) is 43.9 Å². The first-order valence-electron chi connectivity index (χ1n) is 6.34. The maximum absolute atomic E-state index is 11.2. The molecule has 2 atom stereocenters. The number of primary amides is 1. The van der Waals surface area contributed by atoms with Gasteiger partial charge in [0.05, 0.1) is 19.3 Å². The first-order chi connectivity index (χ1) is 8.09. The van der Waals surface area contributed by atoms with Crippen molar-refractivity contribution in [3.63, 3.8) is 0 Å². The zero-order valence-corrected chi connectivity index (χ0v) is 10.8. The van der Waals surface area contributed by atoms with Gasteiger partial charge in [-0.25, -0.2) is 0 Å². The SMILES string of the molecule is CC(C)NC(COCC1CCCCO1)C(N)=O. The molecule has 1 heterocycles. The average Bonchev–Trinajstić information content (AvgIpc) is 2.28. The fourth-order valence-electron chi connectivity index (χ4n) is 1.87. The molecule has 1 fully saturated rings. The minimum atomic E-state index is -0.418. The number of nitrogens with one attached hydrogen (secondary N) is 1. The Balaban J connectivity index is 2.19. The Morgan fingerprint density at radius 2 is 2.29 bits per heavy atom. The van der Waals surface area contributed by atoms with Gasteiger partial charge >= 0.3 is 0 Å². The molecule has 0 saturated carbocycles. The van der Waals surface area contributed by atoms with Crippen molar-refractivity contribution in [2.75, 3.05) is 19.8 Å². The van der Waals surface area contributed by atoms with Gasteiger partial charge in [-0.05, 0) is 19.3 Å². The topological polar surface area (TPSA) is 73.6 Å². The van der Waals surface area contributed by atoms with Crippen LogP contribution in [-0.2, 0) is 14.3 Å². The zero-order valence-electron chi connectivity index (χ0n) is 10.8. The Morgan fingerprint density at radius 3 is 2.82 bits per heavy atom. The van der Waals surface area contributed by atoms with Gasteiger partial charge in [0.1, 0.15) is 6.04 Å². The van der Waals surface area contributed by atoms with Crippen LogP contribution in [0.25, 0.3) is 0 Å². The molecule has 0 spiro atoms. The predicted octanol–water partition coefficient (Wildman–Crippen LogP) is 0.424. The van der Waals surface area contributed by atoms with Gasteiger partial charge in [0, 0.05) is 12.6 Å². The van der Waals surface area contributed by atoms with E-state index in [-0.39, 0.29) is 18.1 Å². The molecule has 1 rings (SSSR count). The van der Waals surface area contributed by atoms with Gasteiger partial charge in [-0.1, -0.05) is 13.8 Å². The molecule has 1 amide bonds. The molecule has 100 valence electrons. The quantitative estimate of drug-likeness (QED) is 0.681. The Labute approximate surface area is 103 Å². The van der Waals surface area contributed by atoms with E-state index in [9.17, 15) is 4.79 Å². The van der Waals surface area contributed by atoms with Gasteiger partial charge in [0.15, 0.2) is 0 Å². The fourth-order valence-corrected chi connectivity index (χ4v) is 1.87. The predicted molar refractivity (Wildman–Crippen MR) is 65.7 cm³/mol. The Hall–Kier alpha value is -0.650. The molecule has 5 nitrogen and oxygen atoms in total. The van der Waals surface area contributed by atoms with E-state index < -0.39 is 6.04 Å². The lowest BCUT2D eigenvalue weighted by atomic mass is 10.1. The van der Waals surface area contributed by atoms with E-state index in [0.29, 0.717) is 13.2 Å². The Morgan fingerprint density at radius 1 is 1.53 bits per heavy atom. The molecule has 0 aromatic carbocycles. The number of nitrogens with two attached hydrogens (primary N) is 1. The van der Waals surface area contributed by atoms with Gasteiger partial charge in [-0.3, -0.25) is 4.79 Å². The number of rotatable bonds is 7. The van der Waals surface area contributed by atoms with E-state index >= 15 is 0 Å². The Kier molecular flexibility index (Phi) is 6.47. The van der Waals surface area contributed by atoms with Crippen LogP contribution in [0.3, 0.4) is 0 Å². The molecule has 1 saturated heterocycles. The lowest BCUT2D eigenvalue weighted by Gasteiger charge is -2.24. The first kappa shape index (κ1) is 14.4. The molecule has 0 aliphatic carbocycles. The number of hydrogen-bond acceptors (Lipinski definition) is 4. The molecule has 0 aromatic rings. The number of ether oxygens (including phenoxy) is 2. The summed E-state index contributed by atoms with van der Waals surface area (Å²) < 4.78 is 11.0. The van der Waals surface area contributed by atoms with Crippen LogP contribution in [0.15, 0.2) is 0 Å². The van der Waals surface area contributed by atoms with Crippen molar-refractivity contribution in [3.8, 4) is 0 Å². The monoisotopic (exact) mass is 244 g/mol. The summed E-state index contributed by atoms with van der Waals surface area (Å²) in [5, 5.41) is 3.08. The van der Waals surface area contributed by atoms with Crippen molar-refractivity contribution in [2.45, 2.75) is 51.3 Å². The maximum Gasteiger partial charge on any atom is 0.236 e. The lowest BCUT2D eigenvalue weighted by molar-refractivity contribution is -0.122. The highest BCUT2D eigenvalue weighted by Crippen LogP contribution is 2.12. The summed E-state index contributed by atoms with van der Waals surface area (Å²) >= 11 is 0. The van der Waals surface area contributed by atoms with Crippen molar-refractivity contribution >= 4 is 5.91 Å². The minimum Gasteiger partial charge on any atom is -0.377 e. The van der Waals surface area contributed by atoms with Crippen LogP contribution >= 0.6 is 0 Å². The van der Waals surface area contributed by atoms with Crippen LogP contribution in [0, 0.1) is 0 Å². The molecule has 3 N–H and O–H groups in total. The van der Waals surface area contributed by atoms with Crippen LogP contribution < -0.4 is 11.1 Å². The van der Waals surface area contributed by atoms with Crippen LogP contribution in [0.5, 0.6) is 0 Å². The van der Waals surface area contributed by atoms with Crippen LogP contribution in [0.1, 0.15) is 33.1 Å². The molecule has 0 radical (unpaired) electrons. The Bertz CT molecular complexity index is 228. The van der Waals surface area contributed by atoms with Crippen molar-refractivity contribution in [2.24, 2.45) is 5.73 Å². The molecule has 5 heteroatoms. The van der Waals surface area contributed by atoms with Gasteiger partial charge in [-0.2, -0.15) is 0 Å². The molecular formula is C12H24N2O3. The van der Waals surface area contributed by atoms with Gasteiger partial charge in [-0.15, -0.1) is 0 Å². The van der Waals surface area contributed by atoms with Crippen LogP contribution in [0.4, 0.5) is 0 Å². The summed E-state index contributed by atoms with van der Waals surface area (Å²) in [5.41, 5.74) is 5.29. The number of carbonyl (C=O) groups is 1. The summed E-state index contributed by atoms with van der Waals surface area (Å²) in [6, 6.07) is -0.208. The van der Waals surface area contributed by atoms with Crippen molar-refractivity contribution in [1.82, 2.24) is 5.32 Å². The second kappa shape index (κ2) is 7.63. The van der Waals surface area contributed by atoms with Gasteiger partial charge in [0.25, 0.3) is 0 Å². The summed E-state index contributed by atoms with van der Waals surface area (Å²) in [5.74, 6) is -0.372. The molecule has 1 aliphatic heterocycles. The van der Waals surface area contributed by atoms with E-state index in [1.54, 1.807) is 0 Å². The maximum atomic E-state index is 11.2. The largest absolute Gasteiger partial charge is 0.377 e.